The molecule has 198 valence electrons. The molecular formula is C24H27F3N6O3S. The summed E-state index contributed by atoms with van der Waals surface area (Å²) in [6.45, 7) is -0.786. The Morgan fingerprint density at radius 3 is 2.57 bits per heavy atom. The third-order valence-corrected chi connectivity index (χ3v) is 9.59. The number of aliphatic imine (C=N–C) groups is 1. The average molecular weight is 537 g/mol. The van der Waals surface area contributed by atoms with Gasteiger partial charge in [0.15, 0.2) is 12.4 Å². The molecule has 4 rings (SSSR count). The van der Waals surface area contributed by atoms with Gasteiger partial charge in [-0.3, -0.25) is 4.99 Å². The third kappa shape index (κ3) is 5.31. The Morgan fingerprint density at radius 1 is 1.19 bits per heavy atom. The van der Waals surface area contributed by atoms with Crippen LogP contribution in [-0.4, -0.2) is 57.0 Å². The van der Waals surface area contributed by atoms with Gasteiger partial charge in [-0.2, -0.15) is 0 Å². The topological polar surface area (TPSA) is 129 Å². The van der Waals surface area contributed by atoms with E-state index in [-0.39, 0.29) is 23.0 Å². The summed E-state index contributed by atoms with van der Waals surface area (Å²) < 4.78 is 67.3. The monoisotopic (exact) mass is 536 g/mol. The van der Waals surface area contributed by atoms with E-state index in [0.29, 0.717) is 35.6 Å². The van der Waals surface area contributed by atoms with Crippen LogP contribution < -0.4 is 10.5 Å². The minimum Gasteiger partial charge on any atom is -0.470 e. The first-order chi connectivity index (χ1) is 17.7. The van der Waals surface area contributed by atoms with Gasteiger partial charge in [0.05, 0.1) is 27.9 Å². The Hall–Kier alpha value is -3.48. The normalized spacial score (nSPS) is 17.1. The average Bonchev–Trinajstić information content (AvgIpc) is 3.60. The zero-order valence-corrected chi connectivity index (χ0v) is 21.2. The molecule has 1 unspecified atom stereocenters. The van der Waals surface area contributed by atoms with Gasteiger partial charge < -0.3 is 15.0 Å². The molecule has 0 radical (unpaired) electrons. The smallest absolute Gasteiger partial charge is 0.272 e. The Kier molecular flexibility index (Phi) is 7.81. The van der Waals surface area contributed by atoms with E-state index in [2.05, 4.69) is 24.5 Å². The van der Waals surface area contributed by atoms with Gasteiger partial charge in [-0.05, 0) is 31.0 Å². The Labute approximate surface area is 212 Å². The highest BCUT2D eigenvalue weighted by Gasteiger charge is 2.47. The van der Waals surface area contributed by atoms with Gasteiger partial charge in [0.25, 0.3) is 6.43 Å². The van der Waals surface area contributed by atoms with E-state index >= 15 is 0 Å². The minimum absolute atomic E-state index is 0.0466. The predicted octanol–water partition coefficient (Wildman–Crippen LogP) is 4.48. The first-order valence-corrected chi connectivity index (χ1v) is 13.2. The SMILES string of the molecule is CN=S(=O)(Cc1cc(-c2cc(-c3cnc(OCC(F)F)cn3)no2)ccc1F)C1(/C(N)=N\C)CCCC1. The Morgan fingerprint density at radius 2 is 1.95 bits per heavy atom. The number of rotatable bonds is 9. The summed E-state index contributed by atoms with van der Waals surface area (Å²) in [4.78, 5) is 12.2. The summed E-state index contributed by atoms with van der Waals surface area (Å²) in [5.74, 6) is -0.101. The molecule has 2 aromatic heterocycles. The highest BCUT2D eigenvalue weighted by molar-refractivity contribution is 7.95. The van der Waals surface area contributed by atoms with Crippen LogP contribution in [0.2, 0.25) is 0 Å². The Balaban J connectivity index is 1.60. The van der Waals surface area contributed by atoms with Crippen LogP contribution in [0.1, 0.15) is 31.2 Å². The lowest BCUT2D eigenvalue weighted by Crippen LogP contribution is -2.48. The van der Waals surface area contributed by atoms with Crippen LogP contribution in [0.15, 0.2) is 50.5 Å². The zero-order valence-electron chi connectivity index (χ0n) is 20.4. The maximum atomic E-state index is 14.9. The predicted molar refractivity (Wildman–Crippen MR) is 133 cm³/mol. The van der Waals surface area contributed by atoms with Crippen molar-refractivity contribution in [1.82, 2.24) is 15.1 Å². The second kappa shape index (κ2) is 10.9. The first kappa shape index (κ1) is 26.6. The molecule has 9 nitrogen and oxygen atoms in total. The number of aromatic nitrogens is 3. The molecule has 0 amide bonds. The number of hydrogen-bond donors (Lipinski definition) is 1. The molecule has 0 spiro atoms. The number of hydrogen-bond acceptors (Lipinski definition) is 8. The summed E-state index contributed by atoms with van der Waals surface area (Å²) in [5, 5.41) is 3.98. The summed E-state index contributed by atoms with van der Waals surface area (Å²) >= 11 is 0. The molecule has 1 saturated carbocycles. The fourth-order valence-corrected chi connectivity index (χ4v) is 7.26. The lowest BCUT2D eigenvalue weighted by molar-refractivity contribution is 0.0794. The van der Waals surface area contributed by atoms with Crippen molar-refractivity contribution in [3.63, 3.8) is 0 Å². The maximum Gasteiger partial charge on any atom is 0.272 e. The van der Waals surface area contributed by atoms with E-state index in [1.54, 1.807) is 19.2 Å². The molecule has 13 heteroatoms. The van der Waals surface area contributed by atoms with E-state index in [1.807, 2.05) is 0 Å². The fraction of sp³-hybridized carbons (Fsp3) is 0.417. The van der Waals surface area contributed by atoms with Crippen LogP contribution in [0.3, 0.4) is 0 Å². The molecule has 2 N–H and O–H groups in total. The quantitative estimate of drug-likeness (QED) is 0.315. The number of ether oxygens (including phenoxy) is 1. The molecule has 37 heavy (non-hydrogen) atoms. The summed E-state index contributed by atoms with van der Waals surface area (Å²) in [6.07, 6.45) is 2.73. The largest absolute Gasteiger partial charge is 0.470 e. The van der Waals surface area contributed by atoms with Crippen molar-refractivity contribution in [3.8, 4) is 28.6 Å². The van der Waals surface area contributed by atoms with E-state index in [9.17, 15) is 17.4 Å². The van der Waals surface area contributed by atoms with Gasteiger partial charge in [-0.1, -0.05) is 18.0 Å². The molecule has 1 aliphatic carbocycles. The lowest BCUT2D eigenvalue weighted by atomic mass is 10.1. The molecule has 0 aliphatic heterocycles. The molecule has 3 aromatic rings. The first-order valence-electron chi connectivity index (χ1n) is 11.6. The number of benzene rings is 1. The van der Waals surface area contributed by atoms with Crippen LogP contribution in [0.5, 0.6) is 5.88 Å². The summed E-state index contributed by atoms with van der Waals surface area (Å²) in [5.41, 5.74) is 7.60. The third-order valence-electron chi connectivity index (χ3n) is 6.46. The molecule has 2 heterocycles. The fourth-order valence-electron chi connectivity index (χ4n) is 4.52. The second-order valence-corrected chi connectivity index (χ2v) is 11.3. The van der Waals surface area contributed by atoms with Crippen LogP contribution in [0.25, 0.3) is 22.7 Å². The van der Waals surface area contributed by atoms with Crippen LogP contribution in [-0.2, 0) is 15.5 Å². The standard InChI is InChI=1S/C24H27F3N6O3S/c1-29-23(28)24(7-3-4-8-24)37(34,30-2)14-16-9-15(5-6-17(16)25)20-10-18(33-36-20)19-11-32-22(12-31-19)35-13-21(26)27/h5-6,9-12,21H,3-4,7-8,13-14H2,1-2H3,(H2,28,29). The van der Waals surface area contributed by atoms with Gasteiger partial charge >= 0.3 is 0 Å². The van der Waals surface area contributed by atoms with Crippen molar-refractivity contribution < 1.29 is 26.6 Å². The van der Waals surface area contributed by atoms with E-state index in [4.69, 9.17) is 15.0 Å². The zero-order chi connectivity index (χ0) is 26.6. The van der Waals surface area contributed by atoms with Crippen molar-refractivity contribution in [2.24, 2.45) is 15.1 Å². The van der Waals surface area contributed by atoms with Crippen LogP contribution >= 0.6 is 0 Å². The maximum absolute atomic E-state index is 14.9. The molecule has 1 atom stereocenters. The minimum atomic E-state index is -3.00. The Bertz CT molecular complexity index is 1390. The van der Waals surface area contributed by atoms with Gasteiger partial charge in [0.2, 0.25) is 5.88 Å². The lowest BCUT2D eigenvalue weighted by Gasteiger charge is -2.32. The molecule has 0 saturated heterocycles. The van der Waals surface area contributed by atoms with Gasteiger partial charge in [0, 0.05) is 31.3 Å². The van der Waals surface area contributed by atoms with Gasteiger partial charge in [-0.15, -0.1) is 0 Å². The number of nitrogens with two attached hydrogens (primary N) is 1. The number of nitrogens with zero attached hydrogens (tertiary/aromatic N) is 5. The van der Waals surface area contributed by atoms with Crippen LogP contribution in [0, 0.1) is 5.82 Å². The van der Waals surface area contributed by atoms with Crippen LogP contribution in [0.4, 0.5) is 13.2 Å². The van der Waals surface area contributed by atoms with Crippen molar-refractivity contribution in [2.45, 2.75) is 42.6 Å². The molecular weight excluding hydrogens is 509 g/mol. The van der Waals surface area contributed by atoms with E-state index in [1.165, 1.54) is 31.6 Å². The molecule has 1 aliphatic rings. The summed E-state index contributed by atoms with van der Waals surface area (Å²) in [7, 11) is 0.0314. The molecule has 0 bridgehead atoms. The van der Waals surface area contributed by atoms with Crippen molar-refractivity contribution >= 4 is 15.6 Å². The number of halogens is 3. The van der Waals surface area contributed by atoms with Crippen molar-refractivity contribution in [3.05, 3.63) is 48.0 Å². The molecule has 1 aromatic carbocycles. The second-order valence-electron chi connectivity index (χ2n) is 8.60. The number of alkyl halides is 2. The molecule has 1 fully saturated rings. The van der Waals surface area contributed by atoms with E-state index < -0.39 is 33.3 Å². The highest BCUT2D eigenvalue weighted by atomic mass is 32.2. The van der Waals surface area contributed by atoms with Gasteiger partial charge in [-0.25, -0.2) is 31.7 Å². The number of amidine groups is 1. The van der Waals surface area contributed by atoms with Gasteiger partial charge in [0.1, 0.15) is 27.8 Å². The van der Waals surface area contributed by atoms with Crippen molar-refractivity contribution in [1.29, 1.82) is 0 Å². The summed E-state index contributed by atoms with van der Waals surface area (Å²) in [6, 6.07) is 5.94. The van der Waals surface area contributed by atoms with Crippen molar-refractivity contribution in [2.75, 3.05) is 20.7 Å². The highest BCUT2D eigenvalue weighted by Crippen LogP contribution is 2.41. The van der Waals surface area contributed by atoms with E-state index in [0.717, 1.165) is 12.8 Å².